The maximum Gasteiger partial charge on any atom is 0.490 e. The highest BCUT2D eigenvalue weighted by Crippen LogP contribution is 2.61. The van der Waals surface area contributed by atoms with Crippen molar-refractivity contribution >= 4 is 23.3 Å². The molecule has 1 fully saturated rings. The van der Waals surface area contributed by atoms with E-state index >= 15 is 0 Å². The number of anilines is 2. The van der Waals surface area contributed by atoms with Gasteiger partial charge in [0.2, 0.25) is 0 Å². The van der Waals surface area contributed by atoms with E-state index in [2.05, 4.69) is 48.5 Å². The van der Waals surface area contributed by atoms with Crippen molar-refractivity contribution in [2.45, 2.75) is 45.2 Å². The number of ketones is 1. The van der Waals surface area contributed by atoms with Gasteiger partial charge >= 0.3 is 12.1 Å². The summed E-state index contributed by atoms with van der Waals surface area (Å²) >= 11 is 0. The number of nitrogens with zero attached hydrogens (tertiary/aromatic N) is 2. The molecule has 10 heteroatoms. The minimum atomic E-state index is -5.08. The van der Waals surface area contributed by atoms with E-state index in [-0.39, 0.29) is 11.2 Å². The van der Waals surface area contributed by atoms with Gasteiger partial charge in [0.25, 0.3) is 0 Å². The molecular formula is C25H30F3N3O4. The van der Waals surface area contributed by atoms with Crippen LogP contribution >= 0.6 is 0 Å². The number of carbonyl (C=O) groups excluding carboxylic acids is 1. The second-order valence-corrected chi connectivity index (χ2v) is 9.28. The minimum absolute atomic E-state index is 0.147. The van der Waals surface area contributed by atoms with E-state index < -0.39 is 12.1 Å². The number of pyridine rings is 1. The quantitative estimate of drug-likeness (QED) is 0.579. The Morgan fingerprint density at radius 1 is 1.23 bits per heavy atom. The number of hydrogen-bond acceptors (Lipinski definition) is 6. The molecule has 2 unspecified atom stereocenters. The Bertz CT molecular complexity index is 1060. The summed E-state index contributed by atoms with van der Waals surface area (Å²) in [6.07, 6.45) is -2.53. The van der Waals surface area contributed by atoms with Gasteiger partial charge in [0.15, 0.2) is 0 Å². The van der Waals surface area contributed by atoms with Crippen molar-refractivity contribution in [1.29, 1.82) is 0 Å². The summed E-state index contributed by atoms with van der Waals surface area (Å²) in [4.78, 5) is 27.3. The van der Waals surface area contributed by atoms with Gasteiger partial charge in [0.1, 0.15) is 17.4 Å². The molecule has 4 rings (SSSR count). The molecule has 1 aliphatic carbocycles. The zero-order chi connectivity index (χ0) is 25.8. The van der Waals surface area contributed by atoms with Crippen LogP contribution < -0.4 is 15.0 Å². The number of likely N-dealkylation sites (N-methyl/N-ethyl adjacent to an activating group) is 1. The Hall–Kier alpha value is -3.30. The van der Waals surface area contributed by atoms with Crippen molar-refractivity contribution < 1.29 is 32.6 Å². The number of nitrogens with one attached hydrogen (secondary N) is 1. The van der Waals surface area contributed by atoms with Crippen molar-refractivity contribution in [2.75, 3.05) is 37.0 Å². The zero-order valence-electron chi connectivity index (χ0n) is 20.0. The number of ether oxygens (including phenoxy) is 1. The molecule has 0 radical (unpaired) electrons. The van der Waals surface area contributed by atoms with Crippen LogP contribution in [0.2, 0.25) is 0 Å². The Morgan fingerprint density at radius 3 is 2.49 bits per heavy atom. The predicted molar refractivity (Wildman–Crippen MR) is 126 cm³/mol. The molecule has 7 nitrogen and oxygen atoms in total. The number of carboxylic acid groups (broad SMARTS) is 1. The minimum Gasteiger partial charge on any atom is -0.493 e. The van der Waals surface area contributed by atoms with E-state index in [0.29, 0.717) is 18.9 Å². The van der Waals surface area contributed by atoms with Crippen LogP contribution in [0, 0.1) is 5.41 Å². The van der Waals surface area contributed by atoms with E-state index in [1.54, 1.807) is 6.92 Å². The molecule has 2 atom stereocenters. The fourth-order valence-electron chi connectivity index (χ4n) is 4.29. The summed E-state index contributed by atoms with van der Waals surface area (Å²) < 4.78 is 37.7. The van der Waals surface area contributed by atoms with Gasteiger partial charge in [-0.25, -0.2) is 9.78 Å². The number of hydrogen-bond donors (Lipinski definition) is 2. The van der Waals surface area contributed by atoms with Crippen LogP contribution in [0.15, 0.2) is 36.4 Å². The van der Waals surface area contributed by atoms with Gasteiger partial charge in [-0.1, -0.05) is 19.1 Å². The highest BCUT2D eigenvalue weighted by Gasteiger charge is 2.51. The van der Waals surface area contributed by atoms with Crippen molar-refractivity contribution in [3.63, 3.8) is 0 Å². The monoisotopic (exact) mass is 493 g/mol. The molecule has 1 aromatic carbocycles. The van der Waals surface area contributed by atoms with Crippen LogP contribution in [0.25, 0.3) is 0 Å². The van der Waals surface area contributed by atoms with Crippen molar-refractivity contribution in [2.24, 2.45) is 5.41 Å². The van der Waals surface area contributed by atoms with Gasteiger partial charge in [0.05, 0.1) is 12.3 Å². The number of aliphatic carboxylic acids is 1. The average Bonchev–Trinajstić information content (AvgIpc) is 3.43. The standard InChI is InChI=1S/C23H29N3O2.C2HF3O2/c1-16(27)14-23(2)15-20(23)17-4-7-19(8-5-17)28-13-10-18-6-9-21-22(25-18)24-11-12-26(21)3;3-2(4,5)1(6)7/h4-9,20H,10-15H2,1-3H3,(H,24,25);(H,6,7). The first-order chi connectivity index (χ1) is 16.4. The Kier molecular flexibility index (Phi) is 7.92. The molecule has 2 aliphatic rings. The average molecular weight is 494 g/mol. The summed E-state index contributed by atoms with van der Waals surface area (Å²) in [6.45, 7) is 6.43. The molecule has 190 valence electrons. The van der Waals surface area contributed by atoms with Crippen LogP contribution in [-0.4, -0.2) is 54.8 Å². The highest BCUT2D eigenvalue weighted by molar-refractivity contribution is 5.77. The second kappa shape index (κ2) is 10.5. The lowest BCUT2D eigenvalue weighted by molar-refractivity contribution is -0.192. The SMILES string of the molecule is CC(=O)CC1(C)CC1c1ccc(OCCc2ccc3c(n2)NCCN3C)cc1.O=C(O)C(F)(F)F. The summed E-state index contributed by atoms with van der Waals surface area (Å²) in [5.74, 6) is -0.131. The number of benzene rings is 1. The Balaban J connectivity index is 0.000000429. The third kappa shape index (κ3) is 7.10. The van der Waals surface area contributed by atoms with E-state index in [1.165, 1.54) is 5.56 Å². The van der Waals surface area contributed by atoms with Crippen molar-refractivity contribution in [3.8, 4) is 5.75 Å². The van der Waals surface area contributed by atoms with Crippen molar-refractivity contribution in [1.82, 2.24) is 4.98 Å². The van der Waals surface area contributed by atoms with Gasteiger partial charge in [0, 0.05) is 38.7 Å². The molecule has 1 saturated carbocycles. The van der Waals surface area contributed by atoms with Crippen LogP contribution in [0.5, 0.6) is 5.75 Å². The molecule has 2 heterocycles. The van der Waals surface area contributed by atoms with Crippen LogP contribution in [-0.2, 0) is 16.0 Å². The maximum atomic E-state index is 11.4. The fraction of sp³-hybridized carbons (Fsp3) is 0.480. The Morgan fingerprint density at radius 2 is 1.89 bits per heavy atom. The summed E-state index contributed by atoms with van der Waals surface area (Å²) in [6, 6.07) is 12.6. The normalized spacial score (nSPS) is 20.6. The number of aromatic nitrogens is 1. The van der Waals surface area contributed by atoms with Gasteiger partial charge in [-0.3, -0.25) is 0 Å². The third-order valence-electron chi connectivity index (χ3n) is 6.24. The first-order valence-corrected chi connectivity index (χ1v) is 11.4. The molecule has 35 heavy (non-hydrogen) atoms. The van der Waals surface area contributed by atoms with E-state index in [0.717, 1.165) is 48.9 Å². The smallest absolute Gasteiger partial charge is 0.490 e. The third-order valence-corrected chi connectivity index (χ3v) is 6.24. The lowest BCUT2D eigenvalue weighted by Gasteiger charge is -2.27. The molecule has 1 aliphatic heterocycles. The summed E-state index contributed by atoms with van der Waals surface area (Å²) in [7, 11) is 2.10. The number of alkyl halides is 3. The van der Waals surface area contributed by atoms with E-state index in [9.17, 15) is 18.0 Å². The van der Waals surface area contributed by atoms with Gasteiger partial charge in [-0.2, -0.15) is 13.2 Å². The van der Waals surface area contributed by atoms with Gasteiger partial charge < -0.3 is 24.9 Å². The molecule has 0 bridgehead atoms. The number of Topliss-reactive ketones (excluding diaryl/α,β-unsaturated/α-hetero) is 1. The molecule has 1 aromatic heterocycles. The molecule has 0 spiro atoms. The summed E-state index contributed by atoms with van der Waals surface area (Å²) in [5, 5.41) is 10.5. The maximum absolute atomic E-state index is 11.4. The lowest BCUT2D eigenvalue weighted by atomic mass is 9.96. The first-order valence-electron chi connectivity index (χ1n) is 11.4. The van der Waals surface area contributed by atoms with Gasteiger partial charge in [-0.15, -0.1) is 0 Å². The lowest BCUT2D eigenvalue weighted by Crippen LogP contribution is -2.31. The second-order valence-electron chi connectivity index (χ2n) is 9.28. The highest BCUT2D eigenvalue weighted by atomic mass is 19.4. The summed E-state index contributed by atoms with van der Waals surface area (Å²) in [5.41, 5.74) is 3.65. The van der Waals surface area contributed by atoms with Crippen LogP contribution in [0.3, 0.4) is 0 Å². The number of fused-ring (bicyclic) bond motifs is 1. The molecule has 0 saturated heterocycles. The predicted octanol–water partition coefficient (Wildman–Crippen LogP) is 4.67. The molecular weight excluding hydrogens is 463 g/mol. The number of carboxylic acids is 1. The number of rotatable bonds is 7. The largest absolute Gasteiger partial charge is 0.493 e. The van der Waals surface area contributed by atoms with Crippen molar-refractivity contribution in [3.05, 3.63) is 47.7 Å². The van der Waals surface area contributed by atoms with Gasteiger partial charge in [-0.05, 0) is 54.5 Å². The molecule has 2 aromatic rings. The number of carbonyl (C=O) groups is 2. The topological polar surface area (TPSA) is 91.8 Å². The number of halogens is 3. The zero-order valence-corrected chi connectivity index (χ0v) is 20.0. The first kappa shape index (κ1) is 26.3. The van der Waals surface area contributed by atoms with E-state index in [1.807, 2.05) is 12.1 Å². The van der Waals surface area contributed by atoms with E-state index in [4.69, 9.17) is 19.6 Å². The van der Waals surface area contributed by atoms with Crippen LogP contribution in [0.1, 0.15) is 43.9 Å². The Labute approximate surface area is 202 Å². The fourth-order valence-corrected chi connectivity index (χ4v) is 4.29. The molecule has 0 amide bonds. The van der Waals surface area contributed by atoms with Crippen LogP contribution in [0.4, 0.5) is 24.7 Å². The molecule has 2 N–H and O–H groups in total.